The molecule has 0 saturated heterocycles. The maximum Gasteiger partial charge on any atom is 0.413 e. The van der Waals surface area contributed by atoms with Crippen molar-refractivity contribution in [2.24, 2.45) is 0 Å². The van der Waals surface area contributed by atoms with Gasteiger partial charge in [0.25, 0.3) is 0 Å². The summed E-state index contributed by atoms with van der Waals surface area (Å²) in [4.78, 5) is 35.9. The summed E-state index contributed by atoms with van der Waals surface area (Å²) in [5, 5.41) is 20.0. The number of nitrogens with one attached hydrogen (secondary N) is 1. The smallest absolute Gasteiger partial charge is 0.413 e. The lowest BCUT2D eigenvalue weighted by Crippen LogP contribution is -2.42. The molecule has 0 fully saturated rings. The molecule has 0 radical (unpaired) electrons. The van der Waals surface area contributed by atoms with Gasteiger partial charge in [-0.3, -0.25) is 4.79 Å². The van der Waals surface area contributed by atoms with Crippen molar-refractivity contribution in [3.63, 3.8) is 0 Å². The van der Waals surface area contributed by atoms with Crippen LogP contribution < -0.4 is 15.0 Å². The van der Waals surface area contributed by atoms with E-state index in [1.165, 1.54) is 0 Å². The van der Waals surface area contributed by atoms with E-state index in [1.54, 1.807) is 19.1 Å². The van der Waals surface area contributed by atoms with E-state index >= 15 is 0 Å². The molecule has 0 heterocycles. The lowest BCUT2D eigenvalue weighted by atomic mass is 10.1. The summed E-state index contributed by atoms with van der Waals surface area (Å²) in [5.41, 5.74) is 2.50. The Morgan fingerprint density at radius 2 is 1.71 bits per heavy atom. The maximum absolute atomic E-state index is 12.1. The Labute approximate surface area is 173 Å². The minimum atomic E-state index is -1.35. The number of carboxylic acid groups (broad SMARTS) is 2. The molecular weight excluding hydrogens is 411 g/mol. The van der Waals surface area contributed by atoms with Crippen LogP contribution >= 0.6 is 23.2 Å². The first-order chi connectivity index (χ1) is 13.2. The summed E-state index contributed by atoms with van der Waals surface area (Å²) in [6.45, 7) is 4.87. The molecule has 0 aliphatic carbocycles. The monoisotopic (exact) mass is 434 g/mol. The zero-order valence-corrected chi connectivity index (χ0v) is 17.2. The first kappa shape index (κ1) is 23.8. The summed E-state index contributed by atoms with van der Waals surface area (Å²) >= 11 is 11.7. The Morgan fingerprint density at radius 1 is 1.11 bits per heavy atom. The molecule has 0 aliphatic heterocycles. The minimum absolute atomic E-state index is 0.247. The number of ether oxygens (including phenoxy) is 1. The molecule has 1 amide bonds. The molecule has 10 heteroatoms. The second-order valence-electron chi connectivity index (χ2n) is 6.05. The number of carbonyl (C=O) groups excluding carboxylic acids is 1. The van der Waals surface area contributed by atoms with Gasteiger partial charge < -0.3 is 25.2 Å². The molecule has 28 heavy (non-hydrogen) atoms. The van der Waals surface area contributed by atoms with Gasteiger partial charge in [0.1, 0.15) is 11.8 Å². The highest BCUT2D eigenvalue weighted by molar-refractivity contribution is 6.18. The molecule has 3 N–H and O–H groups in total. The second-order valence-corrected chi connectivity index (χ2v) is 6.81. The highest BCUT2D eigenvalue weighted by atomic mass is 35.5. The van der Waals surface area contributed by atoms with Gasteiger partial charge in [0.15, 0.2) is 0 Å². The van der Waals surface area contributed by atoms with Gasteiger partial charge >= 0.3 is 18.0 Å². The van der Waals surface area contributed by atoms with E-state index in [2.05, 4.69) is 5.32 Å². The lowest BCUT2D eigenvalue weighted by Gasteiger charge is -2.26. The molecule has 156 valence electrons. The molecule has 1 unspecified atom stereocenters. The van der Waals surface area contributed by atoms with Crippen LogP contribution in [0.2, 0.25) is 0 Å². The van der Waals surface area contributed by atoms with Crippen LogP contribution in [0.3, 0.4) is 0 Å². The van der Waals surface area contributed by atoms with Crippen LogP contribution in [0.25, 0.3) is 0 Å². The predicted molar refractivity (Wildman–Crippen MR) is 107 cm³/mol. The van der Waals surface area contributed by atoms with Crippen LogP contribution in [0.15, 0.2) is 12.1 Å². The topological polar surface area (TPSA) is 116 Å². The summed E-state index contributed by atoms with van der Waals surface area (Å²) in [6, 6.07) is 2.04. The summed E-state index contributed by atoms with van der Waals surface area (Å²) < 4.78 is 5.24. The number of hydrogen-bond donors (Lipinski definition) is 3. The predicted octanol–water partition coefficient (Wildman–Crippen LogP) is 2.99. The van der Waals surface area contributed by atoms with Crippen LogP contribution in [0, 0.1) is 13.8 Å². The standard InChI is InChI=1S/C18H24Cl2N2O6/c1-11-12(2)15(5-4-14(11)22(9-7-19)10-8-20)28-18(27)21-13(17(25)26)3-6-16(23)24/h4-5,13H,3,6-10H2,1-2H3,(H,21,27)(H,23,24)(H,25,26). The van der Waals surface area contributed by atoms with Gasteiger partial charge in [0, 0.05) is 37.0 Å². The molecule has 1 rings (SSSR count). The van der Waals surface area contributed by atoms with Gasteiger partial charge in [-0.25, -0.2) is 9.59 Å². The number of aliphatic carboxylic acids is 2. The SMILES string of the molecule is Cc1c(OC(=O)NC(CCC(=O)O)C(=O)O)ccc(N(CCCl)CCCl)c1C. The van der Waals surface area contributed by atoms with Crippen molar-refractivity contribution in [3.8, 4) is 5.75 Å². The molecule has 0 spiro atoms. The average molecular weight is 435 g/mol. The Hall–Kier alpha value is -2.19. The number of hydrogen-bond acceptors (Lipinski definition) is 5. The Balaban J connectivity index is 2.91. The molecule has 1 atom stereocenters. The minimum Gasteiger partial charge on any atom is -0.481 e. The number of benzene rings is 1. The maximum atomic E-state index is 12.1. The fourth-order valence-corrected chi connectivity index (χ4v) is 3.00. The zero-order chi connectivity index (χ0) is 21.3. The number of halogens is 2. The third-order valence-electron chi connectivity index (χ3n) is 4.20. The Morgan fingerprint density at radius 3 is 2.21 bits per heavy atom. The van der Waals surface area contributed by atoms with E-state index in [0.717, 1.165) is 11.3 Å². The van der Waals surface area contributed by atoms with Crippen molar-refractivity contribution in [1.82, 2.24) is 5.32 Å². The number of alkyl halides is 2. The molecule has 0 aromatic heterocycles. The summed E-state index contributed by atoms with van der Waals surface area (Å²) in [7, 11) is 0. The fraction of sp³-hybridized carbons (Fsp3) is 0.500. The number of anilines is 1. The highest BCUT2D eigenvalue weighted by Crippen LogP contribution is 2.30. The molecule has 0 saturated carbocycles. The third kappa shape index (κ3) is 7.09. The number of nitrogens with zero attached hydrogens (tertiary/aromatic N) is 1. The van der Waals surface area contributed by atoms with E-state index in [4.69, 9.17) is 38.2 Å². The molecule has 1 aromatic rings. The zero-order valence-electron chi connectivity index (χ0n) is 15.7. The Bertz CT molecular complexity index is 708. The van der Waals surface area contributed by atoms with Crippen molar-refractivity contribution >= 4 is 46.9 Å². The highest BCUT2D eigenvalue weighted by Gasteiger charge is 2.23. The van der Waals surface area contributed by atoms with Crippen LogP contribution in [0.4, 0.5) is 10.5 Å². The van der Waals surface area contributed by atoms with Crippen molar-refractivity contribution in [3.05, 3.63) is 23.3 Å². The largest absolute Gasteiger partial charge is 0.481 e. The van der Waals surface area contributed by atoms with Gasteiger partial charge in [-0.2, -0.15) is 0 Å². The van der Waals surface area contributed by atoms with E-state index < -0.39 is 24.1 Å². The first-order valence-corrected chi connectivity index (χ1v) is 9.68. The van der Waals surface area contributed by atoms with Crippen molar-refractivity contribution < 1.29 is 29.3 Å². The van der Waals surface area contributed by atoms with Gasteiger partial charge in [-0.05, 0) is 43.5 Å². The lowest BCUT2D eigenvalue weighted by molar-refractivity contribution is -0.140. The van der Waals surface area contributed by atoms with Crippen molar-refractivity contribution in [2.75, 3.05) is 29.7 Å². The number of carbonyl (C=O) groups is 3. The van der Waals surface area contributed by atoms with Crippen LogP contribution in [-0.4, -0.2) is 59.1 Å². The van der Waals surface area contributed by atoms with Crippen LogP contribution in [0.1, 0.15) is 24.0 Å². The molecule has 8 nitrogen and oxygen atoms in total. The second kappa shape index (κ2) is 11.6. The molecule has 0 aliphatic rings. The molecular formula is C18H24Cl2N2O6. The normalized spacial score (nSPS) is 11.6. The summed E-state index contributed by atoms with van der Waals surface area (Å²) in [5.74, 6) is -1.34. The number of amides is 1. The number of rotatable bonds is 11. The average Bonchev–Trinajstić information content (AvgIpc) is 2.62. The van der Waals surface area contributed by atoms with Gasteiger partial charge in [-0.15, -0.1) is 23.2 Å². The Kier molecular flexibility index (Phi) is 9.89. The van der Waals surface area contributed by atoms with E-state index in [-0.39, 0.29) is 18.6 Å². The van der Waals surface area contributed by atoms with E-state index in [9.17, 15) is 14.4 Å². The molecule has 0 bridgehead atoms. The van der Waals surface area contributed by atoms with Gasteiger partial charge in [0.05, 0.1) is 0 Å². The van der Waals surface area contributed by atoms with Gasteiger partial charge in [0.2, 0.25) is 0 Å². The van der Waals surface area contributed by atoms with Crippen LogP contribution in [-0.2, 0) is 9.59 Å². The third-order valence-corrected chi connectivity index (χ3v) is 4.54. The van der Waals surface area contributed by atoms with Crippen LogP contribution in [0.5, 0.6) is 5.75 Å². The first-order valence-electron chi connectivity index (χ1n) is 8.61. The van der Waals surface area contributed by atoms with Gasteiger partial charge in [-0.1, -0.05) is 0 Å². The fourth-order valence-electron chi connectivity index (χ4n) is 2.59. The number of carboxylic acids is 2. The van der Waals surface area contributed by atoms with Crippen molar-refractivity contribution in [1.29, 1.82) is 0 Å². The summed E-state index contributed by atoms with van der Waals surface area (Å²) in [6.07, 6.45) is -1.60. The molecule has 1 aromatic carbocycles. The van der Waals surface area contributed by atoms with Crippen molar-refractivity contribution in [2.45, 2.75) is 32.7 Å². The van der Waals surface area contributed by atoms with E-state index in [1.807, 2.05) is 11.8 Å². The quantitative estimate of drug-likeness (QED) is 0.458. The van der Waals surface area contributed by atoms with E-state index in [0.29, 0.717) is 30.4 Å².